The summed E-state index contributed by atoms with van der Waals surface area (Å²) in [4.78, 5) is 25.1. The molecule has 6 nitrogen and oxygen atoms in total. The van der Waals surface area contributed by atoms with Crippen LogP contribution in [0.4, 0.5) is 11.4 Å². The number of nitrogens with zero attached hydrogens (tertiary/aromatic N) is 2. The van der Waals surface area contributed by atoms with Crippen molar-refractivity contribution in [2.24, 2.45) is 5.92 Å². The van der Waals surface area contributed by atoms with Crippen LogP contribution in [0, 0.1) is 16.0 Å². The highest BCUT2D eigenvalue weighted by molar-refractivity contribution is 6.00. The number of piperidine rings is 1. The van der Waals surface area contributed by atoms with E-state index in [-0.39, 0.29) is 22.5 Å². The van der Waals surface area contributed by atoms with Crippen LogP contribution in [0.25, 0.3) is 10.8 Å². The zero-order valence-corrected chi connectivity index (χ0v) is 13.6. The average molecular weight is 328 g/mol. The Hall–Kier alpha value is -2.63. The van der Waals surface area contributed by atoms with E-state index in [2.05, 4.69) is 4.90 Å². The lowest BCUT2D eigenvalue weighted by atomic mass is 9.96. The van der Waals surface area contributed by atoms with Gasteiger partial charge in [0.2, 0.25) is 0 Å². The van der Waals surface area contributed by atoms with E-state index in [9.17, 15) is 14.9 Å². The Balaban J connectivity index is 1.96. The zero-order valence-electron chi connectivity index (χ0n) is 13.6. The molecule has 0 saturated carbocycles. The lowest BCUT2D eigenvalue weighted by Crippen LogP contribution is -2.39. The fourth-order valence-corrected chi connectivity index (χ4v) is 3.35. The molecule has 126 valence electrons. The summed E-state index contributed by atoms with van der Waals surface area (Å²) in [6, 6.07) is 10.7. The number of rotatable bonds is 4. The number of carbonyl (C=O) groups is 1. The Morgan fingerprint density at radius 3 is 2.75 bits per heavy atom. The Morgan fingerprint density at radius 1 is 1.29 bits per heavy atom. The largest absolute Gasteiger partial charge is 0.466 e. The maximum Gasteiger partial charge on any atom is 0.310 e. The first-order valence-electron chi connectivity index (χ1n) is 8.19. The van der Waals surface area contributed by atoms with Crippen molar-refractivity contribution in [2.75, 3.05) is 24.6 Å². The van der Waals surface area contributed by atoms with Crippen molar-refractivity contribution >= 4 is 28.1 Å². The van der Waals surface area contributed by atoms with Crippen molar-refractivity contribution in [1.29, 1.82) is 0 Å². The number of ether oxygens (including phenoxy) is 1. The molecule has 6 heteroatoms. The summed E-state index contributed by atoms with van der Waals surface area (Å²) in [5.41, 5.74) is 1.04. The molecule has 1 heterocycles. The minimum atomic E-state index is -0.357. The third kappa shape index (κ3) is 3.04. The van der Waals surface area contributed by atoms with Crippen LogP contribution < -0.4 is 4.90 Å². The van der Waals surface area contributed by atoms with Gasteiger partial charge in [-0.2, -0.15) is 0 Å². The van der Waals surface area contributed by atoms with Crippen LogP contribution in [-0.2, 0) is 9.53 Å². The van der Waals surface area contributed by atoms with Crippen molar-refractivity contribution in [3.05, 3.63) is 46.5 Å². The second kappa shape index (κ2) is 6.86. The summed E-state index contributed by atoms with van der Waals surface area (Å²) in [5.74, 6) is -0.305. The molecule has 0 amide bonds. The van der Waals surface area contributed by atoms with Gasteiger partial charge in [-0.05, 0) is 31.9 Å². The molecule has 0 N–H and O–H groups in total. The Bertz CT molecular complexity index is 775. The lowest BCUT2D eigenvalue weighted by molar-refractivity contribution is -0.383. The zero-order chi connectivity index (χ0) is 17.1. The fraction of sp³-hybridized carbons (Fsp3) is 0.389. The van der Waals surface area contributed by atoms with Crippen molar-refractivity contribution < 1.29 is 14.5 Å². The molecule has 1 saturated heterocycles. The molecule has 1 unspecified atom stereocenters. The topological polar surface area (TPSA) is 72.7 Å². The molecule has 1 atom stereocenters. The summed E-state index contributed by atoms with van der Waals surface area (Å²) in [7, 11) is 0. The number of fused-ring (bicyclic) bond motifs is 1. The Morgan fingerprint density at radius 2 is 2.04 bits per heavy atom. The maximum absolute atomic E-state index is 12.0. The van der Waals surface area contributed by atoms with Gasteiger partial charge in [-0.3, -0.25) is 14.9 Å². The van der Waals surface area contributed by atoms with Crippen LogP contribution in [0.15, 0.2) is 36.4 Å². The van der Waals surface area contributed by atoms with Gasteiger partial charge < -0.3 is 9.64 Å². The molecule has 0 spiro atoms. The van der Waals surface area contributed by atoms with Crippen molar-refractivity contribution in [1.82, 2.24) is 0 Å². The molecule has 0 aromatic heterocycles. The van der Waals surface area contributed by atoms with Gasteiger partial charge in [0, 0.05) is 30.2 Å². The third-order valence-electron chi connectivity index (χ3n) is 4.46. The number of carbonyl (C=O) groups excluding carboxylic acids is 1. The SMILES string of the molecule is CCOC(=O)C1CCCN(c2ccc([N+](=O)[O-])c3ccccc23)C1. The molecular weight excluding hydrogens is 308 g/mol. The molecule has 3 rings (SSSR count). The number of esters is 1. The highest BCUT2D eigenvalue weighted by atomic mass is 16.6. The van der Waals surface area contributed by atoms with E-state index < -0.39 is 0 Å². The second-order valence-corrected chi connectivity index (χ2v) is 5.94. The Labute approximate surface area is 140 Å². The first-order valence-corrected chi connectivity index (χ1v) is 8.19. The van der Waals surface area contributed by atoms with Crippen LogP contribution in [0.2, 0.25) is 0 Å². The normalized spacial score (nSPS) is 17.7. The first kappa shape index (κ1) is 16.2. The molecular formula is C18H20N2O4. The van der Waals surface area contributed by atoms with Gasteiger partial charge in [0.15, 0.2) is 0 Å². The summed E-state index contributed by atoms with van der Waals surface area (Å²) in [5, 5.41) is 12.7. The number of hydrogen-bond donors (Lipinski definition) is 0. The van der Waals surface area contributed by atoms with E-state index >= 15 is 0 Å². The fourth-order valence-electron chi connectivity index (χ4n) is 3.35. The smallest absolute Gasteiger partial charge is 0.310 e. The van der Waals surface area contributed by atoms with Crippen molar-refractivity contribution in [3.8, 4) is 0 Å². The van der Waals surface area contributed by atoms with Gasteiger partial charge in [0.05, 0.1) is 22.8 Å². The molecule has 2 aromatic rings. The van der Waals surface area contributed by atoms with Crippen LogP contribution in [-0.4, -0.2) is 30.6 Å². The quantitative estimate of drug-likeness (QED) is 0.488. The number of benzene rings is 2. The van der Waals surface area contributed by atoms with E-state index in [1.807, 2.05) is 19.1 Å². The van der Waals surface area contributed by atoms with Gasteiger partial charge in [0.25, 0.3) is 5.69 Å². The van der Waals surface area contributed by atoms with Crippen LogP contribution >= 0.6 is 0 Å². The molecule has 2 aromatic carbocycles. The van der Waals surface area contributed by atoms with Crippen molar-refractivity contribution in [3.63, 3.8) is 0 Å². The first-order chi connectivity index (χ1) is 11.6. The maximum atomic E-state index is 12.0. The lowest BCUT2D eigenvalue weighted by Gasteiger charge is -2.34. The van der Waals surface area contributed by atoms with Crippen LogP contribution in [0.1, 0.15) is 19.8 Å². The summed E-state index contributed by atoms with van der Waals surface area (Å²) in [6.45, 7) is 3.61. The van der Waals surface area contributed by atoms with E-state index in [0.717, 1.165) is 30.5 Å². The highest BCUT2D eigenvalue weighted by Gasteiger charge is 2.28. The third-order valence-corrected chi connectivity index (χ3v) is 4.46. The predicted molar refractivity (Wildman–Crippen MR) is 92.2 cm³/mol. The summed E-state index contributed by atoms with van der Waals surface area (Å²) < 4.78 is 5.15. The summed E-state index contributed by atoms with van der Waals surface area (Å²) in [6.07, 6.45) is 1.72. The van der Waals surface area contributed by atoms with Gasteiger partial charge in [-0.25, -0.2) is 0 Å². The molecule has 24 heavy (non-hydrogen) atoms. The van der Waals surface area contributed by atoms with E-state index in [0.29, 0.717) is 18.5 Å². The Kier molecular flexibility index (Phi) is 4.64. The number of hydrogen-bond acceptors (Lipinski definition) is 5. The molecule has 1 fully saturated rings. The minimum absolute atomic E-state index is 0.105. The van der Waals surface area contributed by atoms with E-state index in [1.165, 1.54) is 0 Å². The number of non-ortho nitro benzene ring substituents is 1. The standard InChI is InChI=1S/C18H20N2O4/c1-2-24-18(21)13-6-5-11-19(12-13)16-9-10-17(20(22)23)15-8-4-3-7-14(15)16/h3-4,7-10,13H,2,5-6,11-12H2,1H3. The average Bonchev–Trinajstić information content (AvgIpc) is 2.61. The van der Waals surface area contributed by atoms with Crippen molar-refractivity contribution in [2.45, 2.75) is 19.8 Å². The molecule has 0 aliphatic carbocycles. The summed E-state index contributed by atoms with van der Waals surface area (Å²) >= 11 is 0. The number of nitro groups is 1. The molecule has 0 bridgehead atoms. The van der Waals surface area contributed by atoms with Gasteiger partial charge in [-0.15, -0.1) is 0 Å². The molecule has 1 aliphatic heterocycles. The monoisotopic (exact) mass is 328 g/mol. The molecule has 1 aliphatic rings. The van der Waals surface area contributed by atoms with E-state index in [1.54, 1.807) is 24.3 Å². The van der Waals surface area contributed by atoms with E-state index in [4.69, 9.17) is 4.74 Å². The highest BCUT2D eigenvalue weighted by Crippen LogP contribution is 2.35. The second-order valence-electron chi connectivity index (χ2n) is 5.94. The predicted octanol–water partition coefficient (Wildman–Crippen LogP) is 3.53. The minimum Gasteiger partial charge on any atom is -0.466 e. The number of nitro benzene ring substituents is 1. The van der Waals surface area contributed by atoms with Gasteiger partial charge >= 0.3 is 5.97 Å². The van der Waals surface area contributed by atoms with Gasteiger partial charge in [0.1, 0.15) is 0 Å². The number of anilines is 1. The van der Waals surface area contributed by atoms with Crippen LogP contribution in [0.5, 0.6) is 0 Å². The van der Waals surface area contributed by atoms with Gasteiger partial charge in [-0.1, -0.05) is 18.2 Å². The van der Waals surface area contributed by atoms with Crippen LogP contribution in [0.3, 0.4) is 0 Å². The molecule has 0 radical (unpaired) electrons.